The highest BCUT2D eigenvalue weighted by Gasteiger charge is 2.21. The molecule has 154 valence electrons. The summed E-state index contributed by atoms with van der Waals surface area (Å²) in [6, 6.07) is 7.06. The number of nitrogens with one attached hydrogen (secondary N) is 1. The van der Waals surface area contributed by atoms with Crippen molar-refractivity contribution in [3.05, 3.63) is 24.3 Å². The van der Waals surface area contributed by atoms with Gasteiger partial charge < -0.3 is 10.1 Å². The molecule has 0 saturated heterocycles. The largest absolute Gasteiger partial charge is 0.494 e. The Labute approximate surface area is 164 Å². The quantitative estimate of drug-likeness (QED) is 0.620. The fourth-order valence-electron chi connectivity index (χ4n) is 3.11. The Kier molecular flexibility index (Phi) is 9.09. The molecule has 6 nitrogen and oxygen atoms in total. The summed E-state index contributed by atoms with van der Waals surface area (Å²) in [6.07, 6.45) is 1.92. The molecule has 1 N–H and O–H groups in total. The van der Waals surface area contributed by atoms with E-state index in [0.29, 0.717) is 42.7 Å². The second-order valence-electron chi connectivity index (χ2n) is 7.45. The van der Waals surface area contributed by atoms with E-state index in [2.05, 4.69) is 33.0 Å². The van der Waals surface area contributed by atoms with Crippen LogP contribution < -0.4 is 14.4 Å². The third-order valence-corrected chi connectivity index (χ3v) is 5.56. The summed E-state index contributed by atoms with van der Waals surface area (Å²) in [6.45, 7) is 11.0. The zero-order chi connectivity index (χ0) is 20.6. The molecule has 0 atom stereocenters. The molecule has 0 unspecified atom stereocenters. The van der Waals surface area contributed by atoms with E-state index in [4.69, 9.17) is 4.74 Å². The van der Waals surface area contributed by atoms with Crippen molar-refractivity contribution in [1.29, 1.82) is 0 Å². The van der Waals surface area contributed by atoms with Crippen LogP contribution in [0.25, 0.3) is 0 Å². The van der Waals surface area contributed by atoms with Crippen molar-refractivity contribution < 1.29 is 17.9 Å². The SMILES string of the molecule is CCOc1ccc(N(CCCC(=O)NC(C(C)C)C(C)C)S(C)(=O)=O)cc1. The Morgan fingerprint density at radius 1 is 1.11 bits per heavy atom. The van der Waals surface area contributed by atoms with Crippen LogP contribution in [-0.4, -0.2) is 39.8 Å². The molecular weight excluding hydrogens is 364 g/mol. The Morgan fingerprint density at radius 2 is 1.67 bits per heavy atom. The van der Waals surface area contributed by atoms with Gasteiger partial charge in [0.1, 0.15) is 5.75 Å². The predicted octanol–water partition coefficient (Wildman–Crippen LogP) is 3.43. The number of benzene rings is 1. The van der Waals surface area contributed by atoms with Gasteiger partial charge in [0.25, 0.3) is 0 Å². The number of nitrogens with zero attached hydrogens (tertiary/aromatic N) is 1. The first kappa shape index (κ1) is 23.3. The summed E-state index contributed by atoms with van der Waals surface area (Å²) in [5.41, 5.74) is 0.573. The summed E-state index contributed by atoms with van der Waals surface area (Å²) in [5.74, 6) is 1.36. The summed E-state index contributed by atoms with van der Waals surface area (Å²) in [5, 5.41) is 3.07. The number of hydrogen-bond acceptors (Lipinski definition) is 4. The predicted molar refractivity (Wildman–Crippen MR) is 111 cm³/mol. The molecule has 0 bridgehead atoms. The fraction of sp³-hybridized carbons (Fsp3) is 0.650. The van der Waals surface area contributed by atoms with E-state index >= 15 is 0 Å². The molecule has 0 aliphatic rings. The molecule has 1 rings (SSSR count). The first-order valence-electron chi connectivity index (χ1n) is 9.56. The number of anilines is 1. The molecule has 1 amide bonds. The molecule has 0 heterocycles. The van der Waals surface area contributed by atoms with Crippen molar-refractivity contribution in [2.45, 2.75) is 53.5 Å². The Balaban J connectivity index is 2.70. The minimum atomic E-state index is -3.43. The average Bonchev–Trinajstić information content (AvgIpc) is 2.56. The van der Waals surface area contributed by atoms with Gasteiger partial charge in [0.15, 0.2) is 0 Å². The molecule has 1 aromatic rings. The summed E-state index contributed by atoms with van der Waals surface area (Å²) in [7, 11) is -3.43. The molecule has 1 aromatic carbocycles. The number of rotatable bonds is 11. The van der Waals surface area contributed by atoms with Crippen LogP contribution in [-0.2, 0) is 14.8 Å². The van der Waals surface area contributed by atoms with Gasteiger partial charge in [0, 0.05) is 19.0 Å². The van der Waals surface area contributed by atoms with E-state index in [1.165, 1.54) is 10.6 Å². The third-order valence-electron chi connectivity index (χ3n) is 4.37. The van der Waals surface area contributed by atoms with E-state index in [1.807, 2.05) is 6.92 Å². The molecule has 0 fully saturated rings. The van der Waals surface area contributed by atoms with E-state index in [9.17, 15) is 13.2 Å². The van der Waals surface area contributed by atoms with Crippen molar-refractivity contribution in [3.63, 3.8) is 0 Å². The van der Waals surface area contributed by atoms with Gasteiger partial charge in [-0.2, -0.15) is 0 Å². The fourth-order valence-corrected chi connectivity index (χ4v) is 4.07. The molecule has 0 saturated carbocycles. The number of ether oxygens (including phenoxy) is 1. The average molecular weight is 399 g/mol. The van der Waals surface area contributed by atoms with E-state index < -0.39 is 10.0 Å². The first-order chi connectivity index (χ1) is 12.6. The zero-order valence-corrected chi connectivity index (χ0v) is 18.2. The molecular formula is C20H34N2O4S. The maximum Gasteiger partial charge on any atom is 0.232 e. The lowest BCUT2D eigenvalue weighted by molar-refractivity contribution is -0.122. The minimum absolute atomic E-state index is 0.0393. The topological polar surface area (TPSA) is 75.7 Å². The lowest BCUT2D eigenvalue weighted by atomic mass is 9.93. The molecule has 0 aromatic heterocycles. The van der Waals surface area contributed by atoms with Gasteiger partial charge >= 0.3 is 0 Å². The molecule has 0 aliphatic carbocycles. The van der Waals surface area contributed by atoms with Gasteiger partial charge in [-0.1, -0.05) is 27.7 Å². The van der Waals surface area contributed by atoms with Gasteiger partial charge in [-0.15, -0.1) is 0 Å². The monoisotopic (exact) mass is 398 g/mol. The van der Waals surface area contributed by atoms with Gasteiger partial charge in [-0.25, -0.2) is 8.42 Å². The molecule has 27 heavy (non-hydrogen) atoms. The molecule has 7 heteroatoms. The van der Waals surface area contributed by atoms with E-state index in [1.54, 1.807) is 24.3 Å². The number of carbonyl (C=O) groups is 1. The number of amides is 1. The van der Waals surface area contributed by atoms with Gasteiger partial charge in [-0.05, 0) is 49.4 Å². The molecule has 0 aliphatic heterocycles. The third kappa shape index (κ3) is 7.79. The van der Waals surface area contributed by atoms with Crippen LogP contribution in [0.2, 0.25) is 0 Å². The zero-order valence-electron chi connectivity index (χ0n) is 17.4. The summed E-state index contributed by atoms with van der Waals surface area (Å²) in [4.78, 5) is 12.3. The van der Waals surface area contributed by atoms with Crippen LogP contribution in [0.15, 0.2) is 24.3 Å². The Morgan fingerprint density at radius 3 is 2.11 bits per heavy atom. The first-order valence-corrected chi connectivity index (χ1v) is 11.4. The number of carbonyl (C=O) groups excluding carboxylic acids is 1. The van der Waals surface area contributed by atoms with Crippen LogP contribution in [0.1, 0.15) is 47.5 Å². The molecule has 0 radical (unpaired) electrons. The lowest BCUT2D eigenvalue weighted by Crippen LogP contribution is -2.42. The van der Waals surface area contributed by atoms with Crippen molar-refractivity contribution in [3.8, 4) is 5.75 Å². The maximum absolute atomic E-state index is 12.3. The van der Waals surface area contributed by atoms with Crippen molar-refractivity contribution in [2.24, 2.45) is 11.8 Å². The van der Waals surface area contributed by atoms with Crippen molar-refractivity contribution in [1.82, 2.24) is 5.32 Å². The molecule has 0 spiro atoms. The van der Waals surface area contributed by atoms with Crippen LogP contribution in [0.3, 0.4) is 0 Å². The highest BCUT2D eigenvalue weighted by Crippen LogP contribution is 2.22. The van der Waals surface area contributed by atoms with E-state index in [0.717, 1.165) is 0 Å². The second-order valence-corrected chi connectivity index (χ2v) is 9.35. The smallest absolute Gasteiger partial charge is 0.232 e. The van der Waals surface area contributed by atoms with Crippen LogP contribution in [0.4, 0.5) is 5.69 Å². The Hall–Kier alpha value is -1.76. The number of hydrogen-bond donors (Lipinski definition) is 1. The summed E-state index contributed by atoms with van der Waals surface area (Å²) >= 11 is 0. The normalized spacial score (nSPS) is 11.9. The van der Waals surface area contributed by atoms with E-state index in [-0.39, 0.29) is 18.5 Å². The lowest BCUT2D eigenvalue weighted by Gasteiger charge is -2.26. The highest BCUT2D eigenvalue weighted by molar-refractivity contribution is 7.92. The van der Waals surface area contributed by atoms with Crippen molar-refractivity contribution >= 4 is 21.6 Å². The second kappa shape index (κ2) is 10.5. The highest BCUT2D eigenvalue weighted by atomic mass is 32.2. The van der Waals surface area contributed by atoms with Crippen molar-refractivity contribution in [2.75, 3.05) is 23.7 Å². The summed E-state index contributed by atoms with van der Waals surface area (Å²) < 4.78 is 31.1. The van der Waals surface area contributed by atoms with Gasteiger partial charge in [-0.3, -0.25) is 9.10 Å². The maximum atomic E-state index is 12.3. The van der Waals surface area contributed by atoms with Gasteiger partial charge in [0.2, 0.25) is 15.9 Å². The van der Waals surface area contributed by atoms with Gasteiger partial charge in [0.05, 0.1) is 18.6 Å². The van der Waals surface area contributed by atoms with Crippen LogP contribution in [0.5, 0.6) is 5.75 Å². The van der Waals surface area contributed by atoms with Crippen LogP contribution in [0, 0.1) is 11.8 Å². The standard InChI is InChI=1S/C20H34N2O4S/c1-7-26-18-12-10-17(11-13-18)22(27(6,24)25)14-8-9-19(23)21-20(15(2)3)16(4)5/h10-13,15-16,20H,7-9,14H2,1-6H3,(H,21,23). The van der Waals surface area contributed by atoms with Crippen LogP contribution >= 0.6 is 0 Å². The number of sulfonamides is 1. The minimum Gasteiger partial charge on any atom is -0.494 e. The Bertz CT molecular complexity index is 676.